The van der Waals surface area contributed by atoms with E-state index in [4.69, 9.17) is 11.6 Å². The van der Waals surface area contributed by atoms with Crippen molar-refractivity contribution in [2.45, 2.75) is 44.7 Å². The molecule has 1 aliphatic carbocycles. The SMILES string of the molecule is CS(=O)(=O)N(Cc1ccc(Cl)cc1)c1ccc(C(=O)Nc2ccccc2C(=O)NC2CCCCC2)cc1. The van der Waals surface area contributed by atoms with Crippen LogP contribution in [0.4, 0.5) is 11.4 Å². The van der Waals surface area contributed by atoms with Gasteiger partial charge >= 0.3 is 0 Å². The maximum atomic E-state index is 13.0. The van der Waals surface area contributed by atoms with Crippen molar-refractivity contribution < 1.29 is 18.0 Å². The molecular formula is C28H30ClN3O4S. The van der Waals surface area contributed by atoms with E-state index in [-0.39, 0.29) is 18.5 Å². The zero-order valence-electron chi connectivity index (χ0n) is 20.6. The van der Waals surface area contributed by atoms with Crippen LogP contribution in [0, 0.1) is 0 Å². The van der Waals surface area contributed by atoms with Crippen LogP contribution in [-0.4, -0.2) is 32.5 Å². The van der Waals surface area contributed by atoms with Crippen LogP contribution in [-0.2, 0) is 16.6 Å². The molecule has 3 aromatic carbocycles. The number of halogens is 1. The van der Waals surface area contributed by atoms with Crippen molar-refractivity contribution in [2.24, 2.45) is 0 Å². The summed E-state index contributed by atoms with van der Waals surface area (Å²) in [6.45, 7) is 0.130. The number of para-hydroxylation sites is 1. The van der Waals surface area contributed by atoms with Crippen molar-refractivity contribution in [1.29, 1.82) is 0 Å². The summed E-state index contributed by atoms with van der Waals surface area (Å²) < 4.78 is 26.2. The first-order valence-electron chi connectivity index (χ1n) is 12.2. The number of rotatable bonds is 8. The minimum atomic E-state index is -3.58. The molecule has 0 aliphatic heterocycles. The van der Waals surface area contributed by atoms with Crippen LogP contribution >= 0.6 is 11.6 Å². The first-order valence-corrected chi connectivity index (χ1v) is 14.5. The van der Waals surface area contributed by atoms with Gasteiger partial charge in [0.2, 0.25) is 10.0 Å². The van der Waals surface area contributed by atoms with Crippen LogP contribution in [0.1, 0.15) is 58.4 Å². The van der Waals surface area contributed by atoms with Gasteiger partial charge in [0.05, 0.1) is 29.7 Å². The number of amides is 2. The number of carbonyl (C=O) groups excluding carboxylic acids is 2. The molecule has 0 unspecified atom stereocenters. The summed E-state index contributed by atoms with van der Waals surface area (Å²) in [5, 5.41) is 6.48. The normalized spacial score (nSPS) is 14.1. The van der Waals surface area contributed by atoms with Gasteiger partial charge in [0, 0.05) is 16.6 Å². The second kappa shape index (κ2) is 11.8. The van der Waals surface area contributed by atoms with E-state index in [2.05, 4.69) is 10.6 Å². The number of anilines is 2. The lowest BCUT2D eigenvalue weighted by atomic mass is 9.95. The number of sulfonamides is 1. The number of benzene rings is 3. The van der Waals surface area contributed by atoms with Gasteiger partial charge in [-0.25, -0.2) is 8.42 Å². The Balaban J connectivity index is 1.48. The maximum Gasteiger partial charge on any atom is 0.255 e. The van der Waals surface area contributed by atoms with Gasteiger partial charge in [-0.2, -0.15) is 0 Å². The molecule has 7 nitrogen and oxygen atoms in total. The Morgan fingerprint density at radius 1 is 0.892 bits per heavy atom. The highest BCUT2D eigenvalue weighted by Gasteiger charge is 2.21. The standard InChI is InChI=1S/C28H30ClN3O4S/c1-37(35,36)32(19-20-11-15-22(29)16-12-20)24-17-13-21(14-18-24)27(33)31-26-10-6-5-9-25(26)28(34)30-23-7-3-2-4-8-23/h5-6,9-18,23H,2-4,7-8,19H2,1H3,(H,30,34)(H,31,33). The molecule has 4 rings (SSSR count). The van der Waals surface area contributed by atoms with Crippen LogP contribution in [0.5, 0.6) is 0 Å². The van der Waals surface area contributed by atoms with E-state index in [0.717, 1.165) is 37.5 Å². The van der Waals surface area contributed by atoms with E-state index in [1.54, 1.807) is 72.8 Å². The Hall–Kier alpha value is -3.36. The predicted octanol–water partition coefficient (Wildman–Crippen LogP) is 5.62. The Kier molecular flexibility index (Phi) is 8.51. The molecule has 0 radical (unpaired) electrons. The molecule has 1 saturated carbocycles. The minimum absolute atomic E-state index is 0.130. The van der Waals surface area contributed by atoms with E-state index in [9.17, 15) is 18.0 Å². The summed E-state index contributed by atoms with van der Waals surface area (Å²) in [5.41, 5.74) is 2.38. The van der Waals surface area contributed by atoms with Gasteiger partial charge in [-0.05, 0) is 66.9 Å². The van der Waals surface area contributed by atoms with Crippen molar-refractivity contribution in [2.75, 3.05) is 15.9 Å². The van der Waals surface area contributed by atoms with Crippen molar-refractivity contribution >= 4 is 44.8 Å². The van der Waals surface area contributed by atoms with E-state index in [1.807, 2.05) is 0 Å². The zero-order chi connectivity index (χ0) is 26.4. The molecule has 1 aliphatic rings. The predicted molar refractivity (Wildman–Crippen MR) is 148 cm³/mol. The van der Waals surface area contributed by atoms with Crippen molar-refractivity contribution in [1.82, 2.24) is 5.32 Å². The molecule has 194 valence electrons. The monoisotopic (exact) mass is 539 g/mol. The Bertz CT molecular complexity index is 1350. The summed E-state index contributed by atoms with van der Waals surface area (Å²) in [7, 11) is -3.58. The topological polar surface area (TPSA) is 95.6 Å². The first-order chi connectivity index (χ1) is 17.7. The third-order valence-electron chi connectivity index (χ3n) is 6.42. The van der Waals surface area contributed by atoms with E-state index in [0.29, 0.717) is 27.5 Å². The molecule has 0 spiro atoms. The number of hydrogen-bond donors (Lipinski definition) is 2. The average Bonchev–Trinajstić information content (AvgIpc) is 2.88. The third-order valence-corrected chi connectivity index (χ3v) is 7.81. The summed E-state index contributed by atoms with van der Waals surface area (Å²) in [5.74, 6) is -0.600. The fraction of sp³-hybridized carbons (Fsp3) is 0.286. The van der Waals surface area contributed by atoms with E-state index < -0.39 is 15.9 Å². The Morgan fingerprint density at radius 3 is 2.19 bits per heavy atom. The average molecular weight is 540 g/mol. The van der Waals surface area contributed by atoms with Crippen molar-refractivity contribution in [3.05, 3.63) is 94.5 Å². The first kappa shape index (κ1) is 26.7. The lowest BCUT2D eigenvalue weighted by molar-refractivity contribution is 0.0928. The summed E-state index contributed by atoms with van der Waals surface area (Å²) in [6, 6.07) is 20.3. The molecule has 3 aromatic rings. The highest BCUT2D eigenvalue weighted by atomic mass is 35.5. The highest BCUT2D eigenvalue weighted by Crippen LogP contribution is 2.24. The lowest BCUT2D eigenvalue weighted by Gasteiger charge is -2.23. The number of carbonyl (C=O) groups is 2. The summed E-state index contributed by atoms with van der Waals surface area (Å²) >= 11 is 5.94. The molecule has 1 fully saturated rings. The van der Waals surface area contributed by atoms with E-state index in [1.165, 1.54) is 10.7 Å². The molecular weight excluding hydrogens is 510 g/mol. The van der Waals surface area contributed by atoms with Gasteiger partial charge in [0.25, 0.3) is 11.8 Å². The van der Waals surface area contributed by atoms with Gasteiger partial charge in [0.15, 0.2) is 0 Å². The number of nitrogens with one attached hydrogen (secondary N) is 2. The number of nitrogens with zero attached hydrogens (tertiary/aromatic N) is 1. The smallest absolute Gasteiger partial charge is 0.255 e. The molecule has 0 heterocycles. The van der Waals surface area contributed by atoms with Crippen molar-refractivity contribution in [3.8, 4) is 0 Å². The minimum Gasteiger partial charge on any atom is -0.349 e. The molecule has 0 aromatic heterocycles. The summed E-state index contributed by atoms with van der Waals surface area (Å²) in [6.07, 6.45) is 6.48. The number of hydrogen-bond acceptors (Lipinski definition) is 4. The van der Waals surface area contributed by atoms with Gasteiger partial charge < -0.3 is 10.6 Å². The molecule has 37 heavy (non-hydrogen) atoms. The Labute approximate surface area is 222 Å². The molecule has 0 atom stereocenters. The molecule has 2 N–H and O–H groups in total. The van der Waals surface area contributed by atoms with Crippen LogP contribution < -0.4 is 14.9 Å². The zero-order valence-corrected chi connectivity index (χ0v) is 22.2. The largest absolute Gasteiger partial charge is 0.349 e. The maximum absolute atomic E-state index is 13.0. The highest BCUT2D eigenvalue weighted by molar-refractivity contribution is 7.92. The third kappa shape index (κ3) is 7.11. The van der Waals surface area contributed by atoms with E-state index >= 15 is 0 Å². The molecule has 0 saturated heterocycles. The Morgan fingerprint density at radius 2 is 1.54 bits per heavy atom. The summed E-state index contributed by atoms with van der Waals surface area (Å²) in [4.78, 5) is 25.9. The molecule has 0 bridgehead atoms. The fourth-order valence-corrected chi connectivity index (χ4v) is 5.44. The second-order valence-electron chi connectivity index (χ2n) is 9.25. The van der Waals surface area contributed by atoms with Crippen LogP contribution in [0.25, 0.3) is 0 Å². The second-order valence-corrected chi connectivity index (χ2v) is 11.6. The van der Waals surface area contributed by atoms with Crippen LogP contribution in [0.3, 0.4) is 0 Å². The van der Waals surface area contributed by atoms with Gasteiger partial charge in [0.1, 0.15) is 0 Å². The quantitative estimate of drug-likeness (QED) is 0.388. The van der Waals surface area contributed by atoms with Gasteiger partial charge in [-0.15, -0.1) is 0 Å². The van der Waals surface area contributed by atoms with Crippen molar-refractivity contribution in [3.63, 3.8) is 0 Å². The molecule has 9 heteroatoms. The van der Waals surface area contributed by atoms with Gasteiger partial charge in [-0.3, -0.25) is 13.9 Å². The molecule has 2 amide bonds. The fourth-order valence-electron chi connectivity index (χ4n) is 4.43. The van der Waals surface area contributed by atoms with Gasteiger partial charge in [-0.1, -0.05) is 55.1 Å². The van der Waals surface area contributed by atoms with Crippen LogP contribution in [0.2, 0.25) is 5.02 Å². The van der Waals surface area contributed by atoms with Crippen LogP contribution in [0.15, 0.2) is 72.8 Å². The lowest BCUT2D eigenvalue weighted by Crippen LogP contribution is -2.36.